The number of ether oxygens (including phenoxy) is 1. The molecular weight excluding hydrogens is 228 g/mol. The molecule has 0 bridgehead atoms. The Balaban J connectivity index is 2.91. The van der Waals surface area contributed by atoms with Crippen LogP contribution in [-0.4, -0.2) is 17.2 Å². The van der Waals surface area contributed by atoms with E-state index >= 15 is 0 Å². The van der Waals surface area contributed by atoms with Crippen LogP contribution in [0.4, 0.5) is 0 Å². The van der Waals surface area contributed by atoms with Gasteiger partial charge in [0.2, 0.25) is 0 Å². The van der Waals surface area contributed by atoms with Crippen LogP contribution in [0.2, 0.25) is 0 Å². The lowest BCUT2D eigenvalue weighted by atomic mass is 9.98. The van der Waals surface area contributed by atoms with Gasteiger partial charge < -0.3 is 9.84 Å². The van der Waals surface area contributed by atoms with Crippen molar-refractivity contribution in [3.8, 4) is 5.75 Å². The van der Waals surface area contributed by atoms with Crippen LogP contribution in [0.1, 0.15) is 51.5 Å². The molecule has 0 saturated heterocycles. The van der Waals surface area contributed by atoms with Crippen LogP contribution in [0.5, 0.6) is 5.75 Å². The van der Waals surface area contributed by atoms with E-state index in [4.69, 9.17) is 9.84 Å². The predicted molar refractivity (Wildman–Crippen MR) is 72.1 cm³/mol. The maximum atomic E-state index is 11.1. The van der Waals surface area contributed by atoms with E-state index in [2.05, 4.69) is 13.8 Å². The molecule has 2 unspecified atom stereocenters. The predicted octanol–water partition coefficient (Wildman–Crippen LogP) is 3.83. The van der Waals surface area contributed by atoms with Gasteiger partial charge in [0.25, 0.3) is 0 Å². The summed E-state index contributed by atoms with van der Waals surface area (Å²) in [6.45, 7) is 6.19. The minimum absolute atomic E-state index is 0.372. The Kier molecular flexibility index (Phi) is 5.69. The molecule has 0 amide bonds. The molecule has 0 fully saturated rings. The zero-order valence-electron chi connectivity index (χ0n) is 11.3. The second-order valence-electron chi connectivity index (χ2n) is 4.58. The molecule has 1 N–H and O–H groups in total. The third-order valence-corrected chi connectivity index (χ3v) is 3.16. The highest BCUT2D eigenvalue weighted by Crippen LogP contribution is 2.29. The Morgan fingerprint density at radius 2 is 2.00 bits per heavy atom. The van der Waals surface area contributed by atoms with Crippen LogP contribution in [0, 0.1) is 0 Å². The summed E-state index contributed by atoms with van der Waals surface area (Å²) >= 11 is 0. The number of carboxylic acid groups (broad SMARTS) is 1. The lowest BCUT2D eigenvalue weighted by Crippen LogP contribution is -2.27. The van der Waals surface area contributed by atoms with E-state index in [9.17, 15) is 4.79 Å². The van der Waals surface area contributed by atoms with E-state index in [1.165, 1.54) is 0 Å². The van der Waals surface area contributed by atoms with Crippen molar-refractivity contribution in [2.75, 3.05) is 0 Å². The number of benzene rings is 1. The number of para-hydroxylation sites is 1. The normalized spacial score (nSPS) is 13.9. The molecule has 0 saturated carbocycles. The molecule has 0 aliphatic carbocycles. The average molecular weight is 250 g/mol. The molecule has 3 nitrogen and oxygen atoms in total. The van der Waals surface area contributed by atoms with E-state index in [0.29, 0.717) is 18.1 Å². The summed E-state index contributed by atoms with van der Waals surface area (Å²) in [7, 11) is 0. The molecule has 0 heterocycles. The fraction of sp³-hybridized carbons (Fsp3) is 0.533. The highest BCUT2D eigenvalue weighted by atomic mass is 16.5. The van der Waals surface area contributed by atoms with Gasteiger partial charge in [0, 0.05) is 0 Å². The quantitative estimate of drug-likeness (QED) is 0.800. The maximum Gasteiger partial charge on any atom is 0.344 e. The summed E-state index contributed by atoms with van der Waals surface area (Å²) < 4.78 is 5.67. The zero-order valence-corrected chi connectivity index (χ0v) is 11.3. The molecule has 0 aliphatic heterocycles. The van der Waals surface area contributed by atoms with Gasteiger partial charge in [-0.05, 0) is 30.4 Å². The fourth-order valence-corrected chi connectivity index (χ4v) is 1.86. The lowest BCUT2D eigenvalue weighted by Gasteiger charge is -2.19. The monoisotopic (exact) mass is 250 g/mol. The summed E-state index contributed by atoms with van der Waals surface area (Å²) in [6, 6.07) is 7.71. The summed E-state index contributed by atoms with van der Waals surface area (Å²) in [5, 5.41) is 9.13. The second kappa shape index (κ2) is 7.04. The first-order valence-electron chi connectivity index (χ1n) is 6.58. The Hall–Kier alpha value is -1.51. The van der Waals surface area contributed by atoms with E-state index in [1.807, 2.05) is 31.2 Å². The first-order valence-corrected chi connectivity index (χ1v) is 6.58. The molecule has 1 aromatic rings. The molecule has 100 valence electrons. The summed E-state index contributed by atoms with van der Waals surface area (Å²) in [4.78, 5) is 11.1. The Morgan fingerprint density at radius 3 is 2.56 bits per heavy atom. The van der Waals surface area contributed by atoms with Crippen LogP contribution in [0.25, 0.3) is 0 Å². The molecule has 1 aromatic carbocycles. The van der Waals surface area contributed by atoms with Gasteiger partial charge in [0.15, 0.2) is 6.10 Å². The first-order chi connectivity index (χ1) is 8.60. The Labute approximate surface area is 109 Å². The van der Waals surface area contributed by atoms with Crippen LogP contribution in [0.15, 0.2) is 24.3 Å². The van der Waals surface area contributed by atoms with Gasteiger partial charge in [0.05, 0.1) is 0 Å². The smallest absolute Gasteiger partial charge is 0.344 e. The number of aliphatic carboxylic acids is 1. The Morgan fingerprint density at radius 1 is 1.33 bits per heavy atom. The Bertz CT molecular complexity index is 387. The average Bonchev–Trinajstić information content (AvgIpc) is 2.37. The standard InChI is InChI=1S/C15H22O3/c1-4-8-14(15(16)17)18-13-10-7-6-9-12(13)11(3)5-2/h6-7,9-11,14H,4-5,8H2,1-3H3,(H,16,17). The molecule has 0 spiro atoms. The zero-order chi connectivity index (χ0) is 13.5. The van der Waals surface area contributed by atoms with Crippen molar-refractivity contribution in [3.05, 3.63) is 29.8 Å². The van der Waals surface area contributed by atoms with Crippen LogP contribution >= 0.6 is 0 Å². The van der Waals surface area contributed by atoms with Crippen molar-refractivity contribution in [2.45, 2.75) is 52.1 Å². The van der Waals surface area contributed by atoms with Gasteiger partial charge in [-0.25, -0.2) is 4.79 Å². The van der Waals surface area contributed by atoms with E-state index in [1.54, 1.807) is 0 Å². The van der Waals surface area contributed by atoms with Gasteiger partial charge in [0.1, 0.15) is 5.75 Å². The van der Waals surface area contributed by atoms with Crippen LogP contribution < -0.4 is 4.74 Å². The molecule has 3 heteroatoms. The minimum atomic E-state index is -0.893. The lowest BCUT2D eigenvalue weighted by molar-refractivity contribution is -0.145. The van der Waals surface area contributed by atoms with Gasteiger partial charge in [-0.1, -0.05) is 45.4 Å². The highest BCUT2D eigenvalue weighted by molar-refractivity contribution is 5.72. The van der Waals surface area contributed by atoms with E-state index < -0.39 is 12.1 Å². The van der Waals surface area contributed by atoms with Crippen LogP contribution in [0.3, 0.4) is 0 Å². The van der Waals surface area contributed by atoms with Gasteiger partial charge in [-0.15, -0.1) is 0 Å². The minimum Gasteiger partial charge on any atom is -0.479 e. The summed E-state index contributed by atoms with van der Waals surface area (Å²) in [6.07, 6.45) is 1.58. The molecule has 2 atom stereocenters. The topological polar surface area (TPSA) is 46.5 Å². The summed E-state index contributed by atoms with van der Waals surface area (Å²) in [5.74, 6) is 0.181. The van der Waals surface area contributed by atoms with Crippen molar-refractivity contribution in [3.63, 3.8) is 0 Å². The molecule has 0 aliphatic rings. The fourth-order valence-electron chi connectivity index (χ4n) is 1.86. The number of carbonyl (C=O) groups is 1. The third kappa shape index (κ3) is 3.76. The SMILES string of the molecule is CCCC(Oc1ccccc1C(C)CC)C(=O)O. The van der Waals surface area contributed by atoms with Gasteiger partial charge in [-0.3, -0.25) is 0 Å². The molecule has 0 radical (unpaired) electrons. The van der Waals surface area contributed by atoms with E-state index in [-0.39, 0.29) is 0 Å². The second-order valence-corrected chi connectivity index (χ2v) is 4.58. The van der Waals surface area contributed by atoms with Gasteiger partial charge >= 0.3 is 5.97 Å². The van der Waals surface area contributed by atoms with Gasteiger partial charge in [-0.2, -0.15) is 0 Å². The van der Waals surface area contributed by atoms with Crippen molar-refractivity contribution in [1.82, 2.24) is 0 Å². The number of hydrogen-bond acceptors (Lipinski definition) is 2. The maximum absolute atomic E-state index is 11.1. The first kappa shape index (κ1) is 14.6. The summed E-state index contributed by atoms with van der Waals surface area (Å²) in [5.41, 5.74) is 1.09. The highest BCUT2D eigenvalue weighted by Gasteiger charge is 2.20. The van der Waals surface area contributed by atoms with Crippen molar-refractivity contribution >= 4 is 5.97 Å². The molecular formula is C15H22O3. The largest absolute Gasteiger partial charge is 0.479 e. The number of hydrogen-bond donors (Lipinski definition) is 1. The number of carboxylic acids is 1. The van der Waals surface area contributed by atoms with E-state index in [0.717, 1.165) is 18.4 Å². The molecule has 0 aromatic heterocycles. The van der Waals surface area contributed by atoms with Crippen LogP contribution in [-0.2, 0) is 4.79 Å². The van der Waals surface area contributed by atoms with Crippen molar-refractivity contribution < 1.29 is 14.6 Å². The third-order valence-electron chi connectivity index (χ3n) is 3.16. The number of rotatable bonds is 7. The molecule has 18 heavy (non-hydrogen) atoms. The molecule has 1 rings (SSSR count). The van der Waals surface area contributed by atoms with Crippen molar-refractivity contribution in [1.29, 1.82) is 0 Å². The van der Waals surface area contributed by atoms with Crippen molar-refractivity contribution in [2.24, 2.45) is 0 Å².